The number of carbonyl (C=O) groups is 1. The van der Waals surface area contributed by atoms with E-state index in [1.807, 2.05) is 6.92 Å². The molecule has 0 atom stereocenters. The van der Waals surface area contributed by atoms with Crippen LogP contribution >= 0.6 is 0 Å². The lowest BCUT2D eigenvalue weighted by molar-refractivity contribution is 0.150. The zero-order valence-corrected chi connectivity index (χ0v) is 13.5. The van der Waals surface area contributed by atoms with Crippen molar-refractivity contribution in [2.75, 3.05) is 25.1 Å². The Balaban J connectivity index is 1.83. The molecule has 0 saturated carbocycles. The van der Waals surface area contributed by atoms with Gasteiger partial charge in [-0.15, -0.1) is 0 Å². The number of urea groups is 1. The molecule has 5 nitrogen and oxygen atoms in total. The fourth-order valence-electron chi connectivity index (χ4n) is 2.01. The van der Waals surface area contributed by atoms with Crippen LogP contribution in [0.25, 0.3) is 0 Å². The lowest BCUT2D eigenvalue weighted by Gasteiger charge is -2.10. The molecule has 2 amide bonds. The molecule has 0 aliphatic heterocycles. The largest absolute Gasteiger partial charge is 0.489 e. The van der Waals surface area contributed by atoms with Crippen molar-refractivity contribution in [2.45, 2.75) is 13.5 Å². The summed E-state index contributed by atoms with van der Waals surface area (Å²) in [6.07, 6.45) is 0. The number of amides is 2. The molecule has 0 saturated heterocycles. The third-order valence-electron chi connectivity index (χ3n) is 3.12. The topological polar surface area (TPSA) is 59.6 Å². The van der Waals surface area contributed by atoms with Gasteiger partial charge in [-0.05, 0) is 36.8 Å². The van der Waals surface area contributed by atoms with Gasteiger partial charge in [0, 0.05) is 24.9 Å². The van der Waals surface area contributed by atoms with E-state index in [1.54, 1.807) is 36.4 Å². The summed E-state index contributed by atoms with van der Waals surface area (Å²) in [5, 5.41) is 5.41. The Kier molecular flexibility index (Phi) is 7.04. The predicted molar refractivity (Wildman–Crippen MR) is 90.7 cm³/mol. The summed E-state index contributed by atoms with van der Waals surface area (Å²) in [5.41, 5.74) is 1.35. The van der Waals surface area contributed by atoms with Crippen molar-refractivity contribution in [2.24, 2.45) is 0 Å². The number of rotatable bonds is 8. The third-order valence-corrected chi connectivity index (χ3v) is 3.12. The molecular formula is C18H21FN2O3. The fraction of sp³-hybridized carbons (Fsp3) is 0.278. The van der Waals surface area contributed by atoms with E-state index < -0.39 is 0 Å². The van der Waals surface area contributed by atoms with Crippen LogP contribution in [0.3, 0.4) is 0 Å². The van der Waals surface area contributed by atoms with Crippen molar-refractivity contribution in [3.63, 3.8) is 0 Å². The summed E-state index contributed by atoms with van der Waals surface area (Å²) >= 11 is 0. The number of benzene rings is 2. The summed E-state index contributed by atoms with van der Waals surface area (Å²) in [5.74, 6) is 0.293. The highest BCUT2D eigenvalue weighted by Gasteiger charge is 2.03. The summed E-state index contributed by atoms with van der Waals surface area (Å²) in [6.45, 7) is 3.68. The first-order chi connectivity index (χ1) is 11.7. The van der Waals surface area contributed by atoms with Crippen molar-refractivity contribution in [3.8, 4) is 5.75 Å². The number of hydrogen-bond acceptors (Lipinski definition) is 3. The predicted octanol–water partition coefficient (Wildman–Crippen LogP) is 3.56. The Morgan fingerprint density at radius 1 is 1.17 bits per heavy atom. The van der Waals surface area contributed by atoms with Crippen LogP contribution in [0.4, 0.5) is 14.9 Å². The minimum Gasteiger partial charge on any atom is -0.489 e. The van der Waals surface area contributed by atoms with E-state index in [-0.39, 0.29) is 18.5 Å². The Labute approximate surface area is 140 Å². The average molecular weight is 332 g/mol. The molecule has 2 rings (SSSR count). The first kappa shape index (κ1) is 17.7. The van der Waals surface area contributed by atoms with Gasteiger partial charge in [-0.1, -0.05) is 18.2 Å². The second-order valence-corrected chi connectivity index (χ2v) is 5.02. The van der Waals surface area contributed by atoms with Gasteiger partial charge < -0.3 is 20.1 Å². The molecular weight excluding hydrogens is 311 g/mol. The molecule has 128 valence electrons. The number of anilines is 1. The van der Waals surface area contributed by atoms with Crippen molar-refractivity contribution >= 4 is 11.7 Å². The Hall–Kier alpha value is -2.60. The SMILES string of the molecule is CCOCCNC(=O)Nc1cccc(OCc2cccc(F)c2)c1. The molecule has 0 fully saturated rings. The van der Waals surface area contributed by atoms with Crippen LogP contribution in [0, 0.1) is 5.82 Å². The molecule has 0 heterocycles. The van der Waals surface area contributed by atoms with E-state index in [9.17, 15) is 9.18 Å². The van der Waals surface area contributed by atoms with Crippen molar-refractivity contribution in [1.82, 2.24) is 5.32 Å². The standard InChI is InChI=1S/C18H21FN2O3/c1-2-23-10-9-20-18(22)21-16-7-4-8-17(12-16)24-13-14-5-3-6-15(19)11-14/h3-8,11-12H,2,9-10,13H2,1H3,(H2,20,21,22). The number of ether oxygens (including phenoxy) is 2. The lowest BCUT2D eigenvalue weighted by atomic mass is 10.2. The van der Waals surface area contributed by atoms with Crippen LogP contribution in [-0.2, 0) is 11.3 Å². The third kappa shape index (κ3) is 6.26. The molecule has 0 unspecified atom stereocenters. The van der Waals surface area contributed by atoms with Crippen LogP contribution in [0.1, 0.15) is 12.5 Å². The first-order valence-corrected chi connectivity index (χ1v) is 7.77. The monoisotopic (exact) mass is 332 g/mol. The molecule has 6 heteroatoms. The Bertz CT molecular complexity index is 664. The number of hydrogen-bond donors (Lipinski definition) is 2. The van der Waals surface area contributed by atoms with Gasteiger partial charge in [-0.3, -0.25) is 0 Å². The maximum atomic E-state index is 13.1. The Morgan fingerprint density at radius 3 is 2.79 bits per heavy atom. The summed E-state index contributed by atoms with van der Waals surface area (Å²) in [6, 6.07) is 13.0. The van der Waals surface area contributed by atoms with Crippen molar-refractivity contribution < 1.29 is 18.7 Å². The second kappa shape index (κ2) is 9.52. The first-order valence-electron chi connectivity index (χ1n) is 7.77. The van der Waals surface area contributed by atoms with E-state index in [4.69, 9.17) is 9.47 Å². The van der Waals surface area contributed by atoms with Crippen LogP contribution in [0.15, 0.2) is 48.5 Å². The smallest absolute Gasteiger partial charge is 0.319 e. The van der Waals surface area contributed by atoms with Gasteiger partial charge in [-0.2, -0.15) is 0 Å². The van der Waals surface area contributed by atoms with Gasteiger partial charge in [0.2, 0.25) is 0 Å². The van der Waals surface area contributed by atoms with E-state index in [0.717, 1.165) is 5.56 Å². The maximum absolute atomic E-state index is 13.1. The second-order valence-electron chi connectivity index (χ2n) is 5.02. The van der Waals surface area contributed by atoms with Crippen molar-refractivity contribution in [3.05, 3.63) is 59.9 Å². The van der Waals surface area contributed by atoms with Crippen LogP contribution in [0.2, 0.25) is 0 Å². The fourth-order valence-corrected chi connectivity index (χ4v) is 2.01. The van der Waals surface area contributed by atoms with Crippen LogP contribution in [0.5, 0.6) is 5.75 Å². The van der Waals surface area contributed by atoms with Gasteiger partial charge in [0.15, 0.2) is 0 Å². The van der Waals surface area contributed by atoms with Gasteiger partial charge >= 0.3 is 6.03 Å². The molecule has 0 aliphatic carbocycles. The molecule has 0 aliphatic rings. The molecule has 0 aromatic heterocycles. The van der Waals surface area contributed by atoms with Crippen molar-refractivity contribution in [1.29, 1.82) is 0 Å². The van der Waals surface area contributed by atoms with Gasteiger partial charge in [0.1, 0.15) is 18.2 Å². The summed E-state index contributed by atoms with van der Waals surface area (Å²) in [4.78, 5) is 11.7. The maximum Gasteiger partial charge on any atom is 0.319 e. The molecule has 2 N–H and O–H groups in total. The van der Waals surface area contributed by atoms with Gasteiger partial charge in [-0.25, -0.2) is 9.18 Å². The molecule has 2 aromatic carbocycles. The normalized spacial score (nSPS) is 10.2. The van der Waals surface area contributed by atoms with E-state index in [1.165, 1.54) is 12.1 Å². The summed E-state index contributed by atoms with van der Waals surface area (Å²) < 4.78 is 23.9. The molecule has 2 aromatic rings. The highest BCUT2D eigenvalue weighted by Crippen LogP contribution is 2.18. The zero-order valence-electron chi connectivity index (χ0n) is 13.5. The minimum absolute atomic E-state index is 0.252. The zero-order chi connectivity index (χ0) is 17.2. The lowest BCUT2D eigenvalue weighted by Crippen LogP contribution is -2.31. The van der Waals surface area contributed by atoms with E-state index in [0.29, 0.717) is 31.2 Å². The average Bonchev–Trinajstić information content (AvgIpc) is 2.57. The number of nitrogens with one attached hydrogen (secondary N) is 2. The minimum atomic E-state index is -0.308. The molecule has 24 heavy (non-hydrogen) atoms. The molecule has 0 spiro atoms. The molecule has 0 bridgehead atoms. The highest BCUT2D eigenvalue weighted by atomic mass is 19.1. The summed E-state index contributed by atoms with van der Waals surface area (Å²) in [7, 11) is 0. The molecule has 0 radical (unpaired) electrons. The highest BCUT2D eigenvalue weighted by molar-refractivity contribution is 5.89. The number of carbonyl (C=O) groups excluding carboxylic acids is 1. The Morgan fingerprint density at radius 2 is 2.00 bits per heavy atom. The van der Waals surface area contributed by atoms with E-state index in [2.05, 4.69) is 10.6 Å². The van der Waals surface area contributed by atoms with Crippen LogP contribution < -0.4 is 15.4 Å². The number of halogens is 1. The van der Waals surface area contributed by atoms with Crippen LogP contribution in [-0.4, -0.2) is 25.8 Å². The van der Waals surface area contributed by atoms with Gasteiger partial charge in [0.25, 0.3) is 0 Å². The van der Waals surface area contributed by atoms with Gasteiger partial charge in [0.05, 0.1) is 6.61 Å². The quantitative estimate of drug-likeness (QED) is 0.727. The van der Waals surface area contributed by atoms with E-state index >= 15 is 0 Å².